The molecule has 1 amide bonds. The summed E-state index contributed by atoms with van der Waals surface area (Å²) in [6.45, 7) is 4.11. The molecular formula is C26H35N2O3+. The largest absolute Gasteiger partial charge is 0.493 e. The molecule has 31 heavy (non-hydrogen) atoms. The maximum absolute atomic E-state index is 12.9. The molecule has 2 aliphatic rings. The number of hydrogen-bond acceptors (Lipinski definition) is 3. The summed E-state index contributed by atoms with van der Waals surface area (Å²) in [5.74, 6) is 1.92. The first-order valence-electron chi connectivity index (χ1n) is 11.5. The third-order valence-corrected chi connectivity index (χ3v) is 7.01. The van der Waals surface area contributed by atoms with Crippen LogP contribution >= 0.6 is 0 Å². The highest BCUT2D eigenvalue weighted by Gasteiger charge is 2.38. The van der Waals surface area contributed by atoms with E-state index in [1.54, 1.807) is 14.2 Å². The number of carbonyl (C=O) groups excluding carboxylic acids is 1. The highest BCUT2D eigenvalue weighted by atomic mass is 16.5. The van der Waals surface area contributed by atoms with Gasteiger partial charge in [0.2, 0.25) is 5.91 Å². The lowest BCUT2D eigenvalue weighted by Crippen LogP contribution is -3.13. The fourth-order valence-corrected chi connectivity index (χ4v) is 5.41. The van der Waals surface area contributed by atoms with Gasteiger partial charge in [-0.15, -0.1) is 0 Å². The number of amides is 1. The van der Waals surface area contributed by atoms with Crippen molar-refractivity contribution in [3.63, 3.8) is 0 Å². The maximum atomic E-state index is 12.9. The van der Waals surface area contributed by atoms with E-state index < -0.39 is 0 Å². The van der Waals surface area contributed by atoms with Gasteiger partial charge in [0.1, 0.15) is 12.6 Å². The van der Waals surface area contributed by atoms with E-state index in [1.807, 2.05) is 0 Å². The lowest BCUT2D eigenvalue weighted by molar-refractivity contribution is -0.948. The van der Waals surface area contributed by atoms with Gasteiger partial charge in [0, 0.05) is 23.5 Å². The van der Waals surface area contributed by atoms with Gasteiger partial charge in [-0.2, -0.15) is 0 Å². The van der Waals surface area contributed by atoms with Crippen LogP contribution in [0.2, 0.25) is 0 Å². The lowest BCUT2D eigenvalue weighted by Gasteiger charge is -2.38. The van der Waals surface area contributed by atoms with Crippen molar-refractivity contribution in [2.75, 3.05) is 20.8 Å². The fourth-order valence-electron chi connectivity index (χ4n) is 5.41. The molecule has 5 nitrogen and oxygen atoms in total. The van der Waals surface area contributed by atoms with Crippen LogP contribution in [-0.2, 0) is 17.8 Å². The molecule has 0 radical (unpaired) electrons. The zero-order chi connectivity index (χ0) is 21.8. The number of quaternary nitrogens is 1. The highest BCUT2D eigenvalue weighted by molar-refractivity contribution is 5.79. The van der Waals surface area contributed by atoms with E-state index in [0.29, 0.717) is 0 Å². The minimum atomic E-state index is 0.0314. The average Bonchev–Trinajstić information content (AvgIpc) is 3.33. The molecule has 0 saturated heterocycles. The summed E-state index contributed by atoms with van der Waals surface area (Å²) in [5.41, 5.74) is 3.87. The second-order valence-corrected chi connectivity index (χ2v) is 8.98. The zero-order valence-electron chi connectivity index (χ0n) is 18.9. The molecule has 1 aliphatic heterocycles. The van der Waals surface area contributed by atoms with Crippen molar-refractivity contribution < 1.29 is 19.2 Å². The van der Waals surface area contributed by atoms with Crippen molar-refractivity contribution in [1.82, 2.24) is 5.32 Å². The molecule has 1 fully saturated rings. The van der Waals surface area contributed by atoms with Crippen molar-refractivity contribution >= 4 is 5.91 Å². The van der Waals surface area contributed by atoms with E-state index >= 15 is 0 Å². The Kier molecular flexibility index (Phi) is 6.81. The van der Waals surface area contributed by atoms with E-state index in [9.17, 15) is 4.79 Å². The molecule has 0 bridgehead atoms. The van der Waals surface area contributed by atoms with Crippen LogP contribution in [0, 0.1) is 5.92 Å². The summed E-state index contributed by atoms with van der Waals surface area (Å²) in [6, 6.07) is 15.1. The Labute approximate surface area is 185 Å². The van der Waals surface area contributed by atoms with E-state index in [0.717, 1.165) is 43.9 Å². The van der Waals surface area contributed by atoms with Gasteiger partial charge in [-0.1, -0.05) is 43.2 Å². The summed E-state index contributed by atoms with van der Waals surface area (Å²) >= 11 is 0. The molecule has 1 saturated carbocycles. The Morgan fingerprint density at radius 3 is 2.45 bits per heavy atom. The highest BCUT2D eigenvalue weighted by Crippen LogP contribution is 2.35. The Hall–Kier alpha value is -2.53. The van der Waals surface area contributed by atoms with Crippen LogP contribution in [0.1, 0.15) is 55.3 Å². The number of fused-ring (bicyclic) bond motifs is 1. The summed E-state index contributed by atoms with van der Waals surface area (Å²) in [4.78, 5) is 14.4. The first-order chi connectivity index (χ1) is 15.1. The smallest absolute Gasteiger partial charge is 0.223 e. The maximum Gasteiger partial charge on any atom is 0.223 e. The fraction of sp³-hybridized carbons (Fsp3) is 0.500. The number of hydrogen-bond donors (Lipinski definition) is 2. The number of carbonyl (C=O) groups is 1. The predicted octanol–water partition coefficient (Wildman–Crippen LogP) is 3.08. The van der Waals surface area contributed by atoms with Crippen LogP contribution in [-0.4, -0.2) is 32.7 Å². The third kappa shape index (κ3) is 4.72. The third-order valence-electron chi connectivity index (χ3n) is 7.01. The van der Waals surface area contributed by atoms with Gasteiger partial charge in [-0.3, -0.25) is 4.79 Å². The molecule has 5 heteroatoms. The van der Waals surface area contributed by atoms with E-state index in [1.165, 1.54) is 34.4 Å². The zero-order valence-corrected chi connectivity index (χ0v) is 18.9. The van der Waals surface area contributed by atoms with Crippen LogP contribution < -0.4 is 19.7 Å². The summed E-state index contributed by atoms with van der Waals surface area (Å²) < 4.78 is 11.2. The lowest BCUT2D eigenvalue weighted by atomic mass is 9.87. The SMILES string of the molecule is COc1cc2c(cc1OC)[C@H]([C@@H](C)NC(=O)C1CCCC1)[NH+](Cc1ccccc1)CC2. The van der Waals surface area contributed by atoms with Crippen LogP contribution in [0.4, 0.5) is 0 Å². The Morgan fingerprint density at radius 1 is 1.10 bits per heavy atom. The number of methoxy groups -OCH3 is 2. The van der Waals surface area contributed by atoms with E-state index in [4.69, 9.17) is 9.47 Å². The number of nitrogens with one attached hydrogen (secondary N) is 2. The van der Waals surface area contributed by atoms with Crippen molar-refractivity contribution in [1.29, 1.82) is 0 Å². The average molecular weight is 424 g/mol. The van der Waals surface area contributed by atoms with Gasteiger partial charge in [0.05, 0.1) is 26.8 Å². The van der Waals surface area contributed by atoms with Gasteiger partial charge in [0.15, 0.2) is 11.5 Å². The normalized spacial score (nSPS) is 21.9. The van der Waals surface area contributed by atoms with Crippen LogP contribution in [0.25, 0.3) is 0 Å². The molecule has 2 aromatic rings. The van der Waals surface area contributed by atoms with Gasteiger partial charge in [0.25, 0.3) is 0 Å². The summed E-state index contributed by atoms with van der Waals surface area (Å²) in [7, 11) is 3.37. The van der Waals surface area contributed by atoms with Gasteiger partial charge >= 0.3 is 0 Å². The Balaban J connectivity index is 1.65. The standard InChI is InChI=1S/C26H34N2O3/c1-18(27-26(29)20-11-7-8-12-20)25-22-16-24(31-3)23(30-2)15-21(22)13-14-28(25)17-19-9-5-4-6-10-19/h4-6,9-10,15-16,18,20,25H,7-8,11-14,17H2,1-3H3,(H,27,29)/p+1/t18-,25+/m1/s1. The molecule has 0 aromatic heterocycles. The van der Waals surface area contributed by atoms with Crippen LogP contribution in [0.3, 0.4) is 0 Å². The van der Waals surface area contributed by atoms with Crippen LogP contribution in [0.5, 0.6) is 11.5 Å². The molecule has 166 valence electrons. The quantitative estimate of drug-likeness (QED) is 0.720. The molecule has 2 aromatic carbocycles. The van der Waals surface area contributed by atoms with Crippen molar-refractivity contribution in [3.8, 4) is 11.5 Å². The first kappa shape index (κ1) is 21.7. The number of ether oxygens (including phenoxy) is 2. The van der Waals surface area contributed by atoms with Gasteiger partial charge < -0.3 is 19.7 Å². The minimum absolute atomic E-state index is 0.0314. The molecular weight excluding hydrogens is 388 g/mol. The van der Waals surface area contributed by atoms with Gasteiger partial charge in [-0.25, -0.2) is 0 Å². The Morgan fingerprint density at radius 2 is 1.77 bits per heavy atom. The molecule has 2 N–H and O–H groups in total. The molecule has 1 heterocycles. The molecule has 1 aliphatic carbocycles. The van der Waals surface area contributed by atoms with E-state index in [2.05, 4.69) is 54.7 Å². The van der Waals surface area contributed by atoms with E-state index in [-0.39, 0.29) is 23.9 Å². The van der Waals surface area contributed by atoms with Gasteiger partial charge in [-0.05, 0) is 37.5 Å². The molecule has 4 rings (SSSR count). The Bertz CT molecular complexity index is 893. The summed E-state index contributed by atoms with van der Waals surface area (Å²) in [6.07, 6.45) is 5.36. The second-order valence-electron chi connectivity index (χ2n) is 8.98. The minimum Gasteiger partial charge on any atom is -0.493 e. The first-order valence-corrected chi connectivity index (χ1v) is 11.5. The molecule has 1 unspecified atom stereocenters. The number of benzene rings is 2. The topological polar surface area (TPSA) is 52.0 Å². The second kappa shape index (κ2) is 9.73. The molecule has 3 atom stereocenters. The van der Waals surface area contributed by atoms with Crippen molar-refractivity contribution in [3.05, 3.63) is 59.2 Å². The monoisotopic (exact) mass is 423 g/mol. The van der Waals surface area contributed by atoms with Crippen LogP contribution in [0.15, 0.2) is 42.5 Å². The summed E-state index contributed by atoms with van der Waals surface area (Å²) in [5, 5.41) is 3.38. The number of rotatable bonds is 7. The van der Waals surface area contributed by atoms with Crippen molar-refractivity contribution in [2.45, 2.75) is 57.7 Å². The molecule has 0 spiro atoms. The predicted molar refractivity (Wildman–Crippen MR) is 122 cm³/mol. The van der Waals surface area contributed by atoms with Crippen molar-refractivity contribution in [2.24, 2.45) is 5.92 Å².